The van der Waals surface area contributed by atoms with Gasteiger partial charge in [-0.05, 0) is 38.9 Å². The predicted octanol–water partition coefficient (Wildman–Crippen LogP) is 3.20. The summed E-state index contributed by atoms with van der Waals surface area (Å²) in [4.78, 5) is 17.7. The number of benzene rings is 1. The monoisotopic (exact) mass is 286 g/mol. The first-order chi connectivity index (χ1) is 10.3. The van der Waals surface area contributed by atoms with Gasteiger partial charge >= 0.3 is 5.97 Å². The second kappa shape index (κ2) is 6.31. The van der Waals surface area contributed by atoms with Gasteiger partial charge in [-0.1, -0.05) is 24.6 Å². The third kappa shape index (κ3) is 3.10. The number of H-pyrrole nitrogens is 1. The average Bonchev–Trinajstić information content (AvgIpc) is 2.93. The van der Waals surface area contributed by atoms with Crippen molar-refractivity contribution in [3.63, 3.8) is 0 Å². The van der Waals surface area contributed by atoms with Crippen molar-refractivity contribution in [3.05, 3.63) is 36.0 Å². The number of rotatable bonds is 4. The molecule has 1 aromatic heterocycles. The number of likely N-dealkylation sites (tertiary alicyclic amines) is 1. The predicted molar refractivity (Wildman–Crippen MR) is 83.5 cm³/mol. The number of hydrogen-bond acceptors (Lipinski definition) is 3. The van der Waals surface area contributed by atoms with Gasteiger partial charge in [0.25, 0.3) is 0 Å². The largest absolute Gasteiger partial charge is 0.462 e. The maximum atomic E-state index is 12.2. The van der Waals surface area contributed by atoms with Crippen molar-refractivity contribution >= 4 is 16.9 Å². The molecule has 3 rings (SSSR count). The number of para-hydroxylation sites is 1. The second-order valence-corrected chi connectivity index (χ2v) is 5.80. The third-order valence-electron chi connectivity index (χ3n) is 4.41. The molecule has 2 aromatic rings. The lowest BCUT2D eigenvalue weighted by Gasteiger charge is -2.32. The number of carbonyl (C=O) groups excluding carboxylic acids is 1. The molecule has 1 atom stereocenters. The summed E-state index contributed by atoms with van der Waals surface area (Å²) in [5, 5.41) is 0.928. The summed E-state index contributed by atoms with van der Waals surface area (Å²) in [6, 6.07) is 8.34. The first-order valence-corrected chi connectivity index (χ1v) is 7.69. The van der Waals surface area contributed by atoms with Crippen LogP contribution in [0.5, 0.6) is 0 Å². The number of carbonyl (C=O) groups is 1. The van der Waals surface area contributed by atoms with Crippen LogP contribution in [-0.2, 0) is 4.74 Å². The SMILES string of the molecule is CN1CCCCC1CCOC(=O)c1c[nH]c2ccccc12. The zero-order chi connectivity index (χ0) is 14.7. The number of aromatic amines is 1. The van der Waals surface area contributed by atoms with Crippen LogP contribution in [0, 0.1) is 0 Å². The molecular weight excluding hydrogens is 264 g/mol. The van der Waals surface area contributed by atoms with Gasteiger partial charge in [-0.15, -0.1) is 0 Å². The molecule has 21 heavy (non-hydrogen) atoms. The second-order valence-electron chi connectivity index (χ2n) is 5.80. The van der Waals surface area contributed by atoms with Gasteiger partial charge in [0.15, 0.2) is 0 Å². The number of nitrogens with one attached hydrogen (secondary N) is 1. The lowest BCUT2D eigenvalue weighted by Crippen LogP contribution is -2.37. The molecule has 2 heterocycles. The summed E-state index contributed by atoms with van der Waals surface area (Å²) in [5.41, 5.74) is 1.60. The van der Waals surface area contributed by atoms with E-state index in [1.807, 2.05) is 24.3 Å². The quantitative estimate of drug-likeness (QED) is 0.878. The Morgan fingerprint density at radius 2 is 2.24 bits per heavy atom. The molecule has 1 N–H and O–H groups in total. The fourth-order valence-corrected chi connectivity index (χ4v) is 3.11. The zero-order valence-electron chi connectivity index (χ0n) is 12.5. The van der Waals surface area contributed by atoms with E-state index in [0.29, 0.717) is 18.2 Å². The number of piperidine rings is 1. The van der Waals surface area contributed by atoms with Crippen molar-refractivity contribution in [1.29, 1.82) is 0 Å². The number of aromatic nitrogens is 1. The van der Waals surface area contributed by atoms with E-state index in [1.165, 1.54) is 19.3 Å². The molecule has 0 aliphatic carbocycles. The summed E-state index contributed by atoms with van der Waals surface area (Å²) in [7, 11) is 2.16. The van der Waals surface area contributed by atoms with Crippen LogP contribution < -0.4 is 0 Å². The molecule has 4 nitrogen and oxygen atoms in total. The van der Waals surface area contributed by atoms with E-state index in [2.05, 4.69) is 16.9 Å². The highest BCUT2D eigenvalue weighted by Crippen LogP contribution is 2.20. The van der Waals surface area contributed by atoms with E-state index < -0.39 is 0 Å². The lowest BCUT2D eigenvalue weighted by molar-refractivity contribution is 0.0452. The number of fused-ring (bicyclic) bond motifs is 1. The number of nitrogens with zero attached hydrogens (tertiary/aromatic N) is 1. The smallest absolute Gasteiger partial charge is 0.340 e. The van der Waals surface area contributed by atoms with Gasteiger partial charge in [-0.25, -0.2) is 4.79 Å². The van der Waals surface area contributed by atoms with E-state index in [0.717, 1.165) is 23.9 Å². The van der Waals surface area contributed by atoms with E-state index in [1.54, 1.807) is 6.20 Å². The Morgan fingerprint density at radius 1 is 1.38 bits per heavy atom. The normalized spacial score (nSPS) is 19.8. The Labute approximate surface area is 125 Å². The van der Waals surface area contributed by atoms with Crippen molar-refractivity contribution in [3.8, 4) is 0 Å². The molecule has 1 fully saturated rings. The Kier molecular flexibility index (Phi) is 4.25. The molecule has 1 aromatic carbocycles. The van der Waals surface area contributed by atoms with Gasteiger partial charge in [0, 0.05) is 23.1 Å². The zero-order valence-corrected chi connectivity index (χ0v) is 12.5. The molecule has 1 unspecified atom stereocenters. The highest BCUT2D eigenvalue weighted by Gasteiger charge is 2.19. The molecule has 112 valence electrons. The maximum Gasteiger partial charge on any atom is 0.340 e. The highest BCUT2D eigenvalue weighted by molar-refractivity contribution is 6.03. The molecular formula is C17H22N2O2. The summed E-state index contributed by atoms with van der Waals surface area (Å²) >= 11 is 0. The molecule has 1 saturated heterocycles. The Hall–Kier alpha value is -1.81. The van der Waals surface area contributed by atoms with Crippen LogP contribution in [0.1, 0.15) is 36.0 Å². The molecule has 0 amide bonds. The van der Waals surface area contributed by atoms with Crippen LogP contribution >= 0.6 is 0 Å². The van der Waals surface area contributed by atoms with Gasteiger partial charge < -0.3 is 14.6 Å². The average molecular weight is 286 g/mol. The van der Waals surface area contributed by atoms with Gasteiger partial charge in [0.2, 0.25) is 0 Å². The maximum absolute atomic E-state index is 12.2. The molecule has 0 radical (unpaired) electrons. The fraction of sp³-hybridized carbons (Fsp3) is 0.471. The summed E-state index contributed by atoms with van der Waals surface area (Å²) in [5.74, 6) is -0.231. The van der Waals surface area contributed by atoms with Crippen molar-refractivity contribution in [2.75, 3.05) is 20.2 Å². The van der Waals surface area contributed by atoms with Crippen LogP contribution in [0.3, 0.4) is 0 Å². The van der Waals surface area contributed by atoms with E-state index in [9.17, 15) is 4.79 Å². The van der Waals surface area contributed by atoms with Crippen LogP contribution in [0.2, 0.25) is 0 Å². The van der Waals surface area contributed by atoms with Gasteiger partial charge in [-0.3, -0.25) is 0 Å². The van der Waals surface area contributed by atoms with Crippen LogP contribution in [0.15, 0.2) is 30.5 Å². The molecule has 1 aliphatic rings. The Bertz CT molecular complexity index is 620. The standard InChI is InChI=1S/C17H22N2O2/c1-19-10-5-4-6-13(19)9-11-21-17(20)15-12-18-16-8-3-2-7-14(15)16/h2-3,7-8,12-13,18H,4-6,9-11H2,1H3. The first-order valence-electron chi connectivity index (χ1n) is 7.69. The van der Waals surface area contributed by atoms with Crippen molar-refractivity contribution in [2.45, 2.75) is 31.7 Å². The Morgan fingerprint density at radius 3 is 3.10 bits per heavy atom. The van der Waals surface area contributed by atoms with Crippen LogP contribution in [0.25, 0.3) is 10.9 Å². The van der Waals surface area contributed by atoms with Crippen LogP contribution in [-0.4, -0.2) is 42.1 Å². The van der Waals surface area contributed by atoms with Gasteiger partial charge in [0.1, 0.15) is 0 Å². The van der Waals surface area contributed by atoms with Gasteiger partial charge in [0.05, 0.1) is 12.2 Å². The van der Waals surface area contributed by atoms with Gasteiger partial charge in [-0.2, -0.15) is 0 Å². The Balaban J connectivity index is 1.57. The fourth-order valence-electron chi connectivity index (χ4n) is 3.11. The van der Waals surface area contributed by atoms with E-state index >= 15 is 0 Å². The lowest BCUT2D eigenvalue weighted by atomic mass is 10.0. The topological polar surface area (TPSA) is 45.3 Å². The van der Waals surface area contributed by atoms with E-state index in [-0.39, 0.29) is 5.97 Å². The molecule has 0 bridgehead atoms. The minimum Gasteiger partial charge on any atom is -0.462 e. The molecule has 4 heteroatoms. The summed E-state index contributed by atoms with van der Waals surface area (Å²) < 4.78 is 5.46. The van der Waals surface area contributed by atoms with E-state index in [4.69, 9.17) is 4.74 Å². The molecule has 0 saturated carbocycles. The molecule has 1 aliphatic heterocycles. The highest BCUT2D eigenvalue weighted by atomic mass is 16.5. The van der Waals surface area contributed by atoms with Crippen molar-refractivity contribution < 1.29 is 9.53 Å². The first kappa shape index (κ1) is 14.1. The number of esters is 1. The third-order valence-corrected chi connectivity index (χ3v) is 4.41. The molecule has 0 spiro atoms. The van der Waals surface area contributed by atoms with Crippen molar-refractivity contribution in [2.24, 2.45) is 0 Å². The van der Waals surface area contributed by atoms with Crippen LogP contribution in [0.4, 0.5) is 0 Å². The minimum absolute atomic E-state index is 0.231. The minimum atomic E-state index is -0.231. The number of hydrogen-bond donors (Lipinski definition) is 1. The summed E-state index contributed by atoms with van der Waals surface area (Å²) in [6.45, 7) is 1.65. The summed E-state index contributed by atoms with van der Waals surface area (Å²) in [6.07, 6.45) is 6.43. The van der Waals surface area contributed by atoms with Crippen molar-refractivity contribution in [1.82, 2.24) is 9.88 Å². The number of ether oxygens (including phenoxy) is 1.